The van der Waals surface area contributed by atoms with Gasteiger partial charge in [-0.2, -0.15) is 0 Å². The molecule has 2 rings (SSSR count). The van der Waals surface area contributed by atoms with Crippen molar-refractivity contribution in [2.45, 2.75) is 47.1 Å². The number of nitrogens with one attached hydrogen (secondary N) is 1. The second kappa shape index (κ2) is 8.39. The second-order valence-electron chi connectivity index (χ2n) is 6.48. The van der Waals surface area contributed by atoms with Gasteiger partial charge < -0.3 is 15.2 Å². The maximum atomic E-state index is 11.9. The number of nitrogens with zero attached hydrogens (tertiary/aromatic N) is 1. The fourth-order valence-electron chi connectivity index (χ4n) is 2.87. The average molecular weight is 391 g/mol. The Morgan fingerprint density at radius 2 is 1.81 bits per heavy atom. The normalized spacial score (nSPS) is 11.8. The zero-order valence-electron chi connectivity index (χ0n) is 16.0. The number of hydrogen-bond acceptors (Lipinski definition) is 5. The third kappa shape index (κ3) is 4.77. The highest BCUT2D eigenvalue weighted by Crippen LogP contribution is 2.35. The summed E-state index contributed by atoms with van der Waals surface area (Å²) in [7, 11) is 0. The number of halogens is 1. The Hall–Kier alpha value is -2.60. The number of rotatable bonds is 7. The van der Waals surface area contributed by atoms with Crippen LogP contribution in [0.4, 0.5) is 5.69 Å². The van der Waals surface area contributed by atoms with Gasteiger partial charge in [-0.3, -0.25) is 4.79 Å². The molecule has 1 atom stereocenters. The minimum Gasteiger partial charge on any atom is -0.477 e. The van der Waals surface area contributed by atoms with E-state index in [1.807, 2.05) is 20.8 Å². The molecular formula is C20H23ClN2O4. The molecule has 0 aliphatic carbocycles. The van der Waals surface area contributed by atoms with Gasteiger partial charge in [0.05, 0.1) is 11.7 Å². The number of carboxylic acid groups (broad SMARTS) is 1. The molecule has 0 aliphatic rings. The molecule has 2 N–H and O–H groups in total. The Morgan fingerprint density at radius 3 is 2.30 bits per heavy atom. The fourth-order valence-corrected chi connectivity index (χ4v) is 3.20. The van der Waals surface area contributed by atoms with Crippen molar-refractivity contribution in [1.29, 1.82) is 0 Å². The Balaban J connectivity index is 2.57. The maximum absolute atomic E-state index is 11.9. The Morgan fingerprint density at radius 1 is 1.22 bits per heavy atom. The van der Waals surface area contributed by atoms with Crippen LogP contribution in [0, 0.1) is 20.8 Å². The Bertz CT molecular complexity index is 873. The van der Waals surface area contributed by atoms with Crippen molar-refractivity contribution in [2.75, 3.05) is 5.32 Å². The van der Waals surface area contributed by atoms with Crippen molar-refractivity contribution in [3.63, 3.8) is 0 Å². The van der Waals surface area contributed by atoms with E-state index in [2.05, 4.69) is 10.3 Å². The molecule has 0 aliphatic heterocycles. The number of Topliss-reactive ketones (excluding diaryl/α,β-unsaturated/α-hetero) is 1. The SMILES string of the molecule is CCC(Nc1cc(C)nc(Oc2c(C)cc(Cl)cc2C)c1C(=O)O)C(C)=O. The first kappa shape index (κ1) is 20.7. The average Bonchev–Trinajstić information content (AvgIpc) is 2.54. The minimum atomic E-state index is -1.19. The molecule has 0 saturated heterocycles. The number of anilines is 1. The minimum absolute atomic E-state index is 0.0306. The van der Waals surface area contributed by atoms with E-state index in [1.54, 1.807) is 25.1 Å². The molecule has 1 aromatic heterocycles. The Kier molecular flexibility index (Phi) is 6.44. The number of ketones is 1. The monoisotopic (exact) mass is 390 g/mol. The van der Waals surface area contributed by atoms with Gasteiger partial charge in [-0.25, -0.2) is 9.78 Å². The molecular weight excluding hydrogens is 368 g/mol. The summed E-state index contributed by atoms with van der Waals surface area (Å²) in [6.07, 6.45) is 0.529. The molecule has 1 heterocycles. The van der Waals surface area contributed by atoms with Crippen LogP contribution in [0.1, 0.15) is 47.4 Å². The molecule has 7 heteroatoms. The zero-order chi connectivity index (χ0) is 20.3. The summed E-state index contributed by atoms with van der Waals surface area (Å²) in [4.78, 5) is 28.0. The van der Waals surface area contributed by atoms with E-state index in [1.165, 1.54) is 6.92 Å². The highest BCUT2D eigenvalue weighted by molar-refractivity contribution is 6.30. The van der Waals surface area contributed by atoms with Crippen LogP contribution in [0.2, 0.25) is 5.02 Å². The maximum Gasteiger partial charge on any atom is 0.343 e. The number of aromatic carboxylic acids is 1. The van der Waals surface area contributed by atoms with E-state index in [-0.39, 0.29) is 17.2 Å². The number of carbonyl (C=O) groups is 2. The van der Waals surface area contributed by atoms with Gasteiger partial charge in [0.15, 0.2) is 5.78 Å². The highest BCUT2D eigenvalue weighted by Gasteiger charge is 2.24. The Labute approximate surface area is 163 Å². The predicted molar refractivity (Wildman–Crippen MR) is 105 cm³/mol. The summed E-state index contributed by atoms with van der Waals surface area (Å²) >= 11 is 6.05. The van der Waals surface area contributed by atoms with Gasteiger partial charge >= 0.3 is 5.97 Å². The van der Waals surface area contributed by atoms with Crippen molar-refractivity contribution in [3.05, 3.63) is 45.6 Å². The fraction of sp³-hybridized carbons (Fsp3) is 0.350. The lowest BCUT2D eigenvalue weighted by Gasteiger charge is -2.20. The molecule has 0 fully saturated rings. The topological polar surface area (TPSA) is 88.5 Å². The van der Waals surface area contributed by atoms with Gasteiger partial charge in [-0.05, 0) is 63.4 Å². The summed E-state index contributed by atoms with van der Waals surface area (Å²) < 4.78 is 5.91. The second-order valence-corrected chi connectivity index (χ2v) is 6.92. The summed E-state index contributed by atoms with van der Waals surface area (Å²) in [6, 6.07) is 4.59. The molecule has 0 amide bonds. The smallest absolute Gasteiger partial charge is 0.343 e. The predicted octanol–water partition coefficient (Wildman–Crippen LogP) is 4.93. The number of carbonyl (C=O) groups excluding carboxylic acids is 1. The van der Waals surface area contributed by atoms with Crippen LogP contribution in [-0.4, -0.2) is 27.9 Å². The van der Waals surface area contributed by atoms with Crippen molar-refractivity contribution >= 4 is 29.0 Å². The number of carboxylic acids is 1. The molecule has 2 aromatic rings. The van der Waals surface area contributed by atoms with E-state index in [0.717, 1.165) is 11.1 Å². The first-order valence-electron chi connectivity index (χ1n) is 8.60. The molecule has 144 valence electrons. The number of aryl methyl sites for hydroxylation is 3. The van der Waals surface area contributed by atoms with Gasteiger partial charge in [-0.15, -0.1) is 0 Å². The summed E-state index contributed by atoms with van der Waals surface area (Å²) in [5, 5.41) is 13.3. The lowest BCUT2D eigenvalue weighted by molar-refractivity contribution is -0.117. The molecule has 6 nitrogen and oxygen atoms in total. The van der Waals surface area contributed by atoms with Gasteiger partial charge in [0, 0.05) is 10.7 Å². The molecule has 0 saturated carbocycles. The third-order valence-corrected chi connectivity index (χ3v) is 4.40. The number of pyridine rings is 1. The van der Waals surface area contributed by atoms with E-state index in [0.29, 0.717) is 28.6 Å². The van der Waals surface area contributed by atoms with E-state index >= 15 is 0 Å². The van der Waals surface area contributed by atoms with Crippen LogP contribution in [0.5, 0.6) is 11.6 Å². The van der Waals surface area contributed by atoms with Crippen LogP contribution in [0.15, 0.2) is 18.2 Å². The van der Waals surface area contributed by atoms with Crippen LogP contribution in [0.3, 0.4) is 0 Å². The number of ether oxygens (including phenoxy) is 1. The van der Waals surface area contributed by atoms with Crippen molar-refractivity contribution in [3.8, 4) is 11.6 Å². The van der Waals surface area contributed by atoms with Crippen LogP contribution >= 0.6 is 11.6 Å². The number of hydrogen-bond donors (Lipinski definition) is 2. The molecule has 27 heavy (non-hydrogen) atoms. The van der Waals surface area contributed by atoms with Gasteiger partial charge in [-0.1, -0.05) is 18.5 Å². The lowest BCUT2D eigenvalue weighted by atomic mass is 10.1. The molecule has 0 spiro atoms. The molecule has 1 unspecified atom stereocenters. The summed E-state index contributed by atoms with van der Waals surface area (Å²) in [5.74, 6) is -0.792. The van der Waals surface area contributed by atoms with Crippen molar-refractivity contribution < 1.29 is 19.4 Å². The number of aromatic nitrogens is 1. The number of benzene rings is 1. The van der Waals surface area contributed by atoms with E-state index in [9.17, 15) is 14.7 Å². The van der Waals surface area contributed by atoms with E-state index < -0.39 is 12.0 Å². The van der Waals surface area contributed by atoms with Crippen LogP contribution < -0.4 is 10.1 Å². The van der Waals surface area contributed by atoms with Gasteiger partial charge in [0.2, 0.25) is 5.88 Å². The van der Waals surface area contributed by atoms with Gasteiger partial charge in [0.1, 0.15) is 11.3 Å². The standard InChI is InChI=1S/C20H23ClN2O4/c1-6-15(13(5)24)23-16-9-12(4)22-19(17(16)20(25)26)27-18-10(2)7-14(21)8-11(18)3/h7-9,15H,6H2,1-5H3,(H,22,23)(H,25,26). The van der Waals surface area contributed by atoms with Crippen molar-refractivity contribution in [1.82, 2.24) is 4.98 Å². The zero-order valence-corrected chi connectivity index (χ0v) is 16.8. The summed E-state index contributed by atoms with van der Waals surface area (Å²) in [5.41, 5.74) is 2.29. The van der Waals surface area contributed by atoms with Crippen LogP contribution in [-0.2, 0) is 4.79 Å². The molecule has 0 radical (unpaired) electrons. The van der Waals surface area contributed by atoms with E-state index in [4.69, 9.17) is 16.3 Å². The molecule has 0 bridgehead atoms. The lowest BCUT2D eigenvalue weighted by Crippen LogP contribution is -2.27. The molecule has 1 aromatic carbocycles. The first-order valence-corrected chi connectivity index (χ1v) is 8.98. The largest absolute Gasteiger partial charge is 0.477 e. The third-order valence-electron chi connectivity index (χ3n) is 4.18. The quantitative estimate of drug-likeness (QED) is 0.696. The first-order chi connectivity index (χ1) is 12.6. The van der Waals surface area contributed by atoms with Crippen molar-refractivity contribution in [2.24, 2.45) is 0 Å². The van der Waals surface area contributed by atoms with Gasteiger partial charge in [0.25, 0.3) is 0 Å². The van der Waals surface area contributed by atoms with Crippen LogP contribution in [0.25, 0.3) is 0 Å². The summed E-state index contributed by atoms with van der Waals surface area (Å²) in [6.45, 7) is 8.71. The highest BCUT2D eigenvalue weighted by atomic mass is 35.5.